The summed E-state index contributed by atoms with van der Waals surface area (Å²) in [7, 11) is 0. The Morgan fingerprint density at radius 2 is 2.00 bits per heavy atom. The van der Waals surface area contributed by atoms with E-state index in [9.17, 15) is 0 Å². The minimum absolute atomic E-state index is 0.00740. The zero-order chi connectivity index (χ0) is 13.1. The highest BCUT2D eigenvalue weighted by atomic mass is 15.4. The average molecular weight is 238 g/mol. The van der Waals surface area contributed by atoms with Gasteiger partial charge < -0.3 is 5.32 Å². The molecule has 0 aromatic carbocycles. The van der Waals surface area contributed by atoms with Gasteiger partial charge in [-0.05, 0) is 33.1 Å². The van der Waals surface area contributed by atoms with Gasteiger partial charge in [0.25, 0.3) is 0 Å². The highest BCUT2D eigenvalue weighted by molar-refractivity contribution is 4.94. The smallest absolute Gasteiger partial charge is 0.0965 e. The number of rotatable bonds is 5. The molecule has 98 valence electrons. The Kier molecular flexibility index (Phi) is 4.69. The summed E-state index contributed by atoms with van der Waals surface area (Å²) in [6.45, 7) is 13.9. The fourth-order valence-electron chi connectivity index (χ4n) is 1.79. The highest BCUT2D eigenvalue weighted by Gasteiger charge is 2.16. The lowest BCUT2D eigenvalue weighted by Crippen LogP contribution is -2.32. The predicted molar refractivity (Wildman–Crippen MR) is 70.8 cm³/mol. The minimum Gasteiger partial charge on any atom is -0.308 e. The summed E-state index contributed by atoms with van der Waals surface area (Å²) in [5.41, 5.74) is 1.02. The van der Waals surface area contributed by atoms with Gasteiger partial charge in [0.15, 0.2) is 0 Å². The van der Waals surface area contributed by atoms with Crippen molar-refractivity contribution in [2.24, 2.45) is 5.92 Å². The van der Waals surface area contributed by atoms with E-state index in [0.29, 0.717) is 12.0 Å². The summed E-state index contributed by atoms with van der Waals surface area (Å²) in [6.07, 6.45) is 3.17. The maximum atomic E-state index is 4.20. The molecule has 0 bridgehead atoms. The van der Waals surface area contributed by atoms with Gasteiger partial charge in [0.2, 0.25) is 0 Å². The topological polar surface area (TPSA) is 42.7 Å². The van der Waals surface area contributed by atoms with Crippen LogP contribution in [-0.2, 0) is 12.1 Å². The van der Waals surface area contributed by atoms with Gasteiger partial charge in [-0.1, -0.05) is 26.0 Å². The van der Waals surface area contributed by atoms with Crippen LogP contribution < -0.4 is 5.32 Å². The van der Waals surface area contributed by atoms with Crippen LogP contribution >= 0.6 is 0 Å². The molecule has 0 amide bonds. The molecule has 17 heavy (non-hydrogen) atoms. The van der Waals surface area contributed by atoms with Crippen molar-refractivity contribution in [3.63, 3.8) is 0 Å². The SMILES string of the molecule is CCC(NCc1cn(C(C)(C)C)nn1)C(C)C. The van der Waals surface area contributed by atoms with Crippen molar-refractivity contribution in [1.82, 2.24) is 20.3 Å². The molecule has 1 atom stereocenters. The van der Waals surface area contributed by atoms with Crippen LogP contribution in [0.3, 0.4) is 0 Å². The van der Waals surface area contributed by atoms with Crippen molar-refractivity contribution in [3.8, 4) is 0 Å². The van der Waals surface area contributed by atoms with E-state index < -0.39 is 0 Å². The quantitative estimate of drug-likeness (QED) is 0.857. The van der Waals surface area contributed by atoms with Crippen LogP contribution in [0.4, 0.5) is 0 Å². The van der Waals surface area contributed by atoms with Gasteiger partial charge in [-0.3, -0.25) is 0 Å². The van der Waals surface area contributed by atoms with Crippen LogP contribution in [0.1, 0.15) is 53.7 Å². The van der Waals surface area contributed by atoms with Crippen molar-refractivity contribution >= 4 is 0 Å². The molecule has 0 fully saturated rings. The fraction of sp³-hybridized carbons (Fsp3) is 0.846. The Balaban J connectivity index is 2.56. The lowest BCUT2D eigenvalue weighted by atomic mass is 10.0. The van der Waals surface area contributed by atoms with Gasteiger partial charge in [-0.2, -0.15) is 0 Å². The first-order valence-electron chi connectivity index (χ1n) is 6.49. The van der Waals surface area contributed by atoms with Crippen LogP contribution in [0.15, 0.2) is 6.20 Å². The molecule has 0 aliphatic heterocycles. The number of aromatic nitrogens is 3. The molecule has 0 aliphatic rings. The maximum absolute atomic E-state index is 4.20. The summed E-state index contributed by atoms with van der Waals surface area (Å²) in [4.78, 5) is 0. The third-order valence-electron chi connectivity index (χ3n) is 3.02. The van der Waals surface area contributed by atoms with Crippen molar-refractivity contribution in [3.05, 3.63) is 11.9 Å². The summed E-state index contributed by atoms with van der Waals surface area (Å²) >= 11 is 0. The Bertz CT molecular complexity index is 335. The maximum Gasteiger partial charge on any atom is 0.0965 e. The largest absolute Gasteiger partial charge is 0.308 e. The van der Waals surface area contributed by atoms with Gasteiger partial charge in [0.1, 0.15) is 0 Å². The molecule has 1 aromatic rings. The molecule has 1 N–H and O–H groups in total. The Morgan fingerprint density at radius 1 is 1.35 bits per heavy atom. The monoisotopic (exact) mass is 238 g/mol. The van der Waals surface area contributed by atoms with Crippen LogP contribution in [0.5, 0.6) is 0 Å². The Labute approximate surface area is 105 Å². The first kappa shape index (κ1) is 14.2. The minimum atomic E-state index is 0.00740. The zero-order valence-electron chi connectivity index (χ0n) is 12.0. The van der Waals surface area contributed by atoms with Crippen LogP contribution in [0.25, 0.3) is 0 Å². The van der Waals surface area contributed by atoms with Crippen molar-refractivity contribution < 1.29 is 0 Å². The zero-order valence-corrected chi connectivity index (χ0v) is 12.0. The van der Waals surface area contributed by atoms with Crippen LogP contribution in [0.2, 0.25) is 0 Å². The molecule has 1 rings (SSSR count). The van der Waals surface area contributed by atoms with Gasteiger partial charge in [-0.15, -0.1) is 5.10 Å². The molecule has 1 heterocycles. The van der Waals surface area contributed by atoms with Gasteiger partial charge in [0, 0.05) is 12.6 Å². The van der Waals surface area contributed by atoms with Gasteiger partial charge in [0.05, 0.1) is 17.4 Å². The number of hydrogen-bond donors (Lipinski definition) is 1. The standard InChI is InChI=1S/C13H26N4/c1-7-12(10(2)3)14-8-11-9-17(16-15-11)13(4,5)6/h9-10,12,14H,7-8H2,1-6H3. The molecule has 4 heteroatoms. The molecular weight excluding hydrogens is 212 g/mol. The van der Waals surface area contributed by atoms with E-state index in [1.807, 2.05) is 10.9 Å². The van der Waals surface area contributed by atoms with E-state index in [1.54, 1.807) is 0 Å². The summed E-state index contributed by atoms with van der Waals surface area (Å²) in [5.74, 6) is 0.651. The first-order valence-corrected chi connectivity index (χ1v) is 6.49. The molecule has 0 radical (unpaired) electrons. The van der Waals surface area contributed by atoms with E-state index >= 15 is 0 Å². The molecule has 0 spiro atoms. The number of nitrogens with one attached hydrogen (secondary N) is 1. The molecule has 0 aliphatic carbocycles. The molecular formula is C13H26N4. The van der Waals surface area contributed by atoms with E-state index in [4.69, 9.17) is 0 Å². The third-order valence-corrected chi connectivity index (χ3v) is 3.02. The first-order chi connectivity index (χ1) is 7.84. The van der Waals surface area contributed by atoms with Crippen LogP contribution in [0, 0.1) is 5.92 Å². The average Bonchev–Trinajstić information content (AvgIpc) is 2.66. The van der Waals surface area contributed by atoms with E-state index in [2.05, 4.69) is 57.2 Å². The molecule has 0 saturated heterocycles. The molecule has 1 aromatic heterocycles. The van der Waals surface area contributed by atoms with E-state index in [-0.39, 0.29) is 5.54 Å². The van der Waals surface area contributed by atoms with Crippen molar-refractivity contribution in [2.45, 2.75) is 66.1 Å². The Morgan fingerprint density at radius 3 is 2.41 bits per heavy atom. The third kappa shape index (κ3) is 4.11. The van der Waals surface area contributed by atoms with E-state index in [0.717, 1.165) is 18.7 Å². The second-order valence-electron chi connectivity index (χ2n) is 5.96. The predicted octanol–water partition coefficient (Wildman–Crippen LogP) is 2.56. The normalized spacial score (nSPS) is 14.3. The lowest BCUT2D eigenvalue weighted by molar-refractivity contribution is 0.346. The van der Waals surface area contributed by atoms with Crippen molar-refractivity contribution in [2.75, 3.05) is 0 Å². The van der Waals surface area contributed by atoms with Gasteiger partial charge in [-0.25, -0.2) is 4.68 Å². The second-order valence-corrected chi connectivity index (χ2v) is 5.96. The summed E-state index contributed by atoms with van der Waals surface area (Å²) in [6, 6.07) is 0.551. The summed E-state index contributed by atoms with van der Waals surface area (Å²) < 4.78 is 1.92. The van der Waals surface area contributed by atoms with Gasteiger partial charge >= 0.3 is 0 Å². The molecule has 0 saturated carbocycles. The lowest BCUT2D eigenvalue weighted by Gasteiger charge is -2.20. The summed E-state index contributed by atoms with van der Waals surface area (Å²) in [5, 5.41) is 11.9. The number of hydrogen-bond acceptors (Lipinski definition) is 3. The second kappa shape index (κ2) is 5.63. The van der Waals surface area contributed by atoms with Crippen molar-refractivity contribution in [1.29, 1.82) is 0 Å². The Hall–Kier alpha value is -0.900. The number of nitrogens with zero attached hydrogens (tertiary/aromatic N) is 3. The van der Waals surface area contributed by atoms with Crippen LogP contribution in [-0.4, -0.2) is 21.0 Å². The highest BCUT2D eigenvalue weighted by Crippen LogP contribution is 2.12. The van der Waals surface area contributed by atoms with E-state index in [1.165, 1.54) is 0 Å². The fourth-order valence-corrected chi connectivity index (χ4v) is 1.79. The molecule has 1 unspecified atom stereocenters. The molecule has 4 nitrogen and oxygen atoms in total.